The number of halogens is 1. The SMILES string of the molecule is COC(=O)c1cc(N)cn1Cc1cc(Br)cs1. The van der Waals surface area contributed by atoms with Gasteiger partial charge in [-0.25, -0.2) is 4.79 Å². The third kappa shape index (κ3) is 2.70. The minimum Gasteiger partial charge on any atom is -0.464 e. The number of nitrogens with zero attached hydrogens (tertiary/aromatic N) is 1. The molecule has 0 atom stereocenters. The average molecular weight is 315 g/mol. The Labute approximate surface area is 111 Å². The number of rotatable bonds is 3. The van der Waals surface area contributed by atoms with E-state index in [0.29, 0.717) is 17.9 Å². The van der Waals surface area contributed by atoms with E-state index in [1.807, 2.05) is 11.4 Å². The van der Waals surface area contributed by atoms with E-state index in [4.69, 9.17) is 10.5 Å². The number of nitrogen functional groups attached to an aromatic ring is 1. The second-order valence-electron chi connectivity index (χ2n) is 3.51. The summed E-state index contributed by atoms with van der Waals surface area (Å²) >= 11 is 5.02. The number of ether oxygens (including phenoxy) is 1. The Morgan fingerprint density at radius 1 is 1.59 bits per heavy atom. The summed E-state index contributed by atoms with van der Waals surface area (Å²) in [7, 11) is 1.36. The Morgan fingerprint density at radius 2 is 2.35 bits per heavy atom. The molecule has 0 unspecified atom stereocenters. The van der Waals surface area contributed by atoms with E-state index in [9.17, 15) is 4.79 Å². The highest BCUT2D eigenvalue weighted by Gasteiger charge is 2.13. The zero-order chi connectivity index (χ0) is 12.4. The minimum absolute atomic E-state index is 0.377. The first kappa shape index (κ1) is 12.2. The third-order valence-corrected chi connectivity index (χ3v) is 3.94. The van der Waals surface area contributed by atoms with Crippen LogP contribution >= 0.6 is 27.3 Å². The van der Waals surface area contributed by atoms with Crippen molar-refractivity contribution in [3.05, 3.63) is 38.8 Å². The number of nitrogens with two attached hydrogens (primary N) is 1. The van der Waals surface area contributed by atoms with Gasteiger partial charge in [-0.05, 0) is 28.1 Å². The third-order valence-electron chi connectivity index (χ3n) is 2.26. The van der Waals surface area contributed by atoms with Crippen molar-refractivity contribution in [2.45, 2.75) is 6.54 Å². The standard InChI is InChI=1S/C11H11BrN2O2S/c1-16-11(15)10-3-8(13)4-14(10)5-9-2-7(12)6-17-9/h2-4,6H,5,13H2,1H3. The van der Waals surface area contributed by atoms with Crippen LogP contribution in [0.2, 0.25) is 0 Å². The van der Waals surface area contributed by atoms with Gasteiger partial charge in [-0.15, -0.1) is 11.3 Å². The Morgan fingerprint density at radius 3 is 2.94 bits per heavy atom. The molecule has 0 aliphatic heterocycles. The lowest BCUT2D eigenvalue weighted by Gasteiger charge is -2.05. The lowest BCUT2D eigenvalue weighted by Crippen LogP contribution is -2.10. The van der Waals surface area contributed by atoms with Gasteiger partial charge in [-0.3, -0.25) is 0 Å². The molecule has 0 saturated carbocycles. The lowest BCUT2D eigenvalue weighted by atomic mass is 10.4. The van der Waals surface area contributed by atoms with Gasteiger partial charge in [0, 0.05) is 20.9 Å². The number of thiophene rings is 1. The van der Waals surface area contributed by atoms with Crippen molar-refractivity contribution in [3.63, 3.8) is 0 Å². The highest BCUT2D eigenvalue weighted by Crippen LogP contribution is 2.22. The fourth-order valence-corrected chi connectivity index (χ4v) is 2.99. The average Bonchev–Trinajstić information content (AvgIpc) is 2.85. The second-order valence-corrected chi connectivity index (χ2v) is 5.42. The van der Waals surface area contributed by atoms with Gasteiger partial charge < -0.3 is 15.0 Å². The molecule has 0 fully saturated rings. The maximum atomic E-state index is 11.5. The molecule has 2 heterocycles. The van der Waals surface area contributed by atoms with Gasteiger partial charge >= 0.3 is 5.97 Å². The molecular weight excluding hydrogens is 304 g/mol. The van der Waals surface area contributed by atoms with Gasteiger partial charge in [0.1, 0.15) is 5.69 Å². The normalized spacial score (nSPS) is 10.5. The summed E-state index contributed by atoms with van der Waals surface area (Å²) in [5, 5.41) is 2.00. The number of carbonyl (C=O) groups excluding carboxylic acids is 1. The van der Waals surface area contributed by atoms with Gasteiger partial charge in [0.15, 0.2) is 0 Å². The predicted molar refractivity (Wildman–Crippen MR) is 71.3 cm³/mol. The molecule has 2 aromatic rings. The molecule has 0 bridgehead atoms. The Hall–Kier alpha value is -1.27. The van der Waals surface area contributed by atoms with E-state index in [1.54, 1.807) is 28.2 Å². The quantitative estimate of drug-likeness (QED) is 0.886. The fraction of sp³-hybridized carbons (Fsp3) is 0.182. The first-order valence-corrected chi connectivity index (χ1v) is 6.54. The lowest BCUT2D eigenvalue weighted by molar-refractivity contribution is 0.0589. The molecule has 2 rings (SSSR count). The van der Waals surface area contributed by atoms with Crippen molar-refractivity contribution in [1.82, 2.24) is 4.57 Å². The minimum atomic E-state index is -0.377. The zero-order valence-corrected chi connectivity index (χ0v) is 11.5. The van der Waals surface area contributed by atoms with E-state index < -0.39 is 0 Å². The molecule has 0 saturated heterocycles. The first-order chi connectivity index (χ1) is 8.10. The van der Waals surface area contributed by atoms with Crippen LogP contribution in [-0.4, -0.2) is 17.6 Å². The van der Waals surface area contributed by atoms with Crippen molar-refractivity contribution in [1.29, 1.82) is 0 Å². The van der Waals surface area contributed by atoms with Crippen LogP contribution in [0, 0.1) is 0 Å². The van der Waals surface area contributed by atoms with E-state index in [-0.39, 0.29) is 5.97 Å². The van der Waals surface area contributed by atoms with Crippen LogP contribution in [0.15, 0.2) is 28.2 Å². The maximum absolute atomic E-state index is 11.5. The fourth-order valence-electron chi connectivity index (χ4n) is 1.54. The Balaban J connectivity index is 2.29. The van der Waals surface area contributed by atoms with Crippen LogP contribution in [0.4, 0.5) is 5.69 Å². The number of carbonyl (C=O) groups is 1. The van der Waals surface area contributed by atoms with Gasteiger partial charge in [0.05, 0.1) is 19.3 Å². The number of aromatic nitrogens is 1. The molecule has 2 N–H and O–H groups in total. The summed E-state index contributed by atoms with van der Waals surface area (Å²) < 4.78 is 7.54. The highest BCUT2D eigenvalue weighted by molar-refractivity contribution is 9.10. The molecule has 17 heavy (non-hydrogen) atoms. The van der Waals surface area contributed by atoms with Crippen LogP contribution in [0.5, 0.6) is 0 Å². The molecule has 0 aliphatic rings. The molecule has 6 heteroatoms. The molecule has 0 spiro atoms. The van der Waals surface area contributed by atoms with Crippen LogP contribution in [0.25, 0.3) is 0 Å². The molecule has 0 amide bonds. The van der Waals surface area contributed by atoms with Gasteiger partial charge in [-0.1, -0.05) is 0 Å². The first-order valence-electron chi connectivity index (χ1n) is 4.87. The van der Waals surface area contributed by atoms with Gasteiger partial charge in [0.25, 0.3) is 0 Å². The highest BCUT2D eigenvalue weighted by atomic mass is 79.9. The van der Waals surface area contributed by atoms with Gasteiger partial charge in [-0.2, -0.15) is 0 Å². The molecular formula is C11H11BrN2O2S. The van der Waals surface area contributed by atoms with Crippen LogP contribution < -0.4 is 5.73 Å². The van der Waals surface area contributed by atoms with E-state index in [1.165, 1.54) is 7.11 Å². The number of hydrogen-bond donors (Lipinski definition) is 1. The smallest absolute Gasteiger partial charge is 0.354 e. The number of anilines is 1. The monoisotopic (exact) mass is 314 g/mol. The van der Waals surface area contributed by atoms with Crippen molar-refractivity contribution < 1.29 is 9.53 Å². The molecule has 0 aliphatic carbocycles. The van der Waals surface area contributed by atoms with Crippen LogP contribution in [0.1, 0.15) is 15.4 Å². The Bertz CT molecular complexity index is 547. The number of hydrogen-bond acceptors (Lipinski definition) is 4. The molecule has 90 valence electrons. The van der Waals surface area contributed by atoms with Gasteiger partial charge in [0.2, 0.25) is 0 Å². The van der Waals surface area contributed by atoms with Crippen molar-refractivity contribution in [2.75, 3.05) is 12.8 Å². The Kier molecular flexibility index (Phi) is 3.54. The topological polar surface area (TPSA) is 57.2 Å². The molecule has 4 nitrogen and oxygen atoms in total. The van der Waals surface area contributed by atoms with Crippen molar-refractivity contribution in [2.24, 2.45) is 0 Å². The van der Waals surface area contributed by atoms with Crippen molar-refractivity contribution in [3.8, 4) is 0 Å². The summed E-state index contributed by atoms with van der Waals surface area (Å²) in [5.41, 5.74) is 6.72. The maximum Gasteiger partial charge on any atom is 0.354 e. The van der Waals surface area contributed by atoms with E-state index in [0.717, 1.165) is 9.35 Å². The molecule has 0 radical (unpaired) electrons. The number of esters is 1. The summed E-state index contributed by atoms with van der Waals surface area (Å²) in [6.07, 6.45) is 1.74. The molecule has 0 aromatic carbocycles. The van der Waals surface area contributed by atoms with Crippen molar-refractivity contribution >= 4 is 38.9 Å². The molecule has 2 aromatic heterocycles. The predicted octanol–water partition coefficient (Wildman–Crippen LogP) is 2.73. The summed E-state index contributed by atoms with van der Waals surface area (Å²) in [6, 6.07) is 3.64. The zero-order valence-electron chi connectivity index (χ0n) is 9.14. The van der Waals surface area contributed by atoms with E-state index >= 15 is 0 Å². The van der Waals surface area contributed by atoms with E-state index in [2.05, 4.69) is 15.9 Å². The summed E-state index contributed by atoms with van der Waals surface area (Å²) in [4.78, 5) is 12.7. The van der Waals surface area contributed by atoms with Crippen LogP contribution in [-0.2, 0) is 11.3 Å². The number of methoxy groups -OCH3 is 1. The summed E-state index contributed by atoms with van der Waals surface area (Å²) in [5.74, 6) is -0.377. The summed E-state index contributed by atoms with van der Waals surface area (Å²) in [6.45, 7) is 0.609. The largest absolute Gasteiger partial charge is 0.464 e. The van der Waals surface area contributed by atoms with Crippen LogP contribution in [0.3, 0.4) is 0 Å². The second kappa shape index (κ2) is 4.93.